The van der Waals surface area contributed by atoms with Crippen molar-refractivity contribution in [3.8, 4) is 21.7 Å². The van der Waals surface area contributed by atoms with E-state index in [0.29, 0.717) is 0 Å². The van der Waals surface area contributed by atoms with Crippen molar-refractivity contribution in [2.45, 2.75) is 0 Å². The van der Waals surface area contributed by atoms with Crippen LogP contribution in [0.3, 0.4) is 0 Å². The highest BCUT2D eigenvalue weighted by atomic mass is 32.1. The fraction of sp³-hybridized carbons (Fsp3) is 0. The van der Waals surface area contributed by atoms with Gasteiger partial charge < -0.3 is 0 Å². The fourth-order valence-electron chi connectivity index (χ4n) is 4.17. The van der Waals surface area contributed by atoms with Crippen LogP contribution in [0.5, 0.6) is 0 Å². The number of pyridine rings is 1. The van der Waals surface area contributed by atoms with Crippen molar-refractivity contribution in [3.63, 3.8) is 0 Å². The molecule has 0 radical (unpaired) electrons. The summed E-state index contributed by atoms with van der Waals surface area (Å²) < 4.78 is 1.31. The molecule has 2 heterocycles. The van der Waals surface area contributed by atoms with Crippen molar-refractivity contribution in [2.75, 3.05) is 0 Å². The molecule has 0 spiro atoms. The van der Waals surface area contributed by atoms with Crippen LogP contribution in [0.2, 0.25) is 0 Å². The zero-order valence-electron chi connectivity index (χ0n) is 15.7. The van der Waals surface area contributed by atoms with Crippen LogP contribution in [-0.2, 0) is 0 Å². The van der Waals surface area contributed by atoms with Crippen LogP contribution >= 0.6 is 11.3 Å². The zero-order valence-corrected chi connectivity index (χ0v) is 16.5. The summed E-state index contributed by atoms with van der Waals surface area (Å²) >= 11 is 1.85. The molecule has 0 saturated carbocycles. The van der Waals surface area contributed by atoms with Gasteiger partial charge in [0.2, 0.25) is 0 Å². The summed E-state index contributed by atoms with van der Waals surface area (Å²) in [6, 6.07) is 34.6. The van der Waals surface area contributed by atoms with Gasteiger partial charge in [-0.25, -0.2) is 0 Å². The van der Waals surface area contributed by atoms with E-state index >= 15 is 0 Å². The van der Waals surface area contributed by atoms with E-state index in [0.717, 1.165) is 5.69 Å². The normalized spacial score (nSPS) is 11.4. The van der Waals surface area contributed by atoms with Gasteiger partial charge in [-0.1, -0.05) is 78.9 Å². The third-order valence-corrected chi connectivity index (χ3v) is 6.68. The van der Waals surface area contributed by atoms with Crippen LogP contribution in [0.25, 0.3) is 53.3 Å². The first-order valence-electron chi connectivity index (χ1n) is 9.73. The van der Waals surface area contributed by atoms with Gasteiger partial charge in [0.05, 0.1) is 5.69 Å². The quantitative estimate of drug-likeness (QED) is 0.294. The van der Waals surface area contributed by atoms with Crippen LogP contribution in [0.4, 0.5) is 0 Å². The van der Waals surface area contributed by atoms with Crippen molar-refractivity contribution >= 4 is 43.0 Å². The minimum atomic E-state index is 1.05. The van der Waals surface area contributed by atoms with Crippen molar-refractivity contribution in [3.05, 3.63) is 103 Å². The predicted molar refractivity (Wildman–Crippen MR) is 126 cm³/mol. The summed E-state index contributed by atoms with van der Waals surface area (Å²) in [5.74, 6) is 0. The summed E-state index contributed by atoms with van der Waals surface area (Å²) in [4.78, 5) is 6.15. The number of thiophene rings is 1. The molecule has 6 rings (SSSR count). The molecule has 0 aliphatic rings. The summed E-state index contributed by atoms with van der Waals surface area (Å²) in [5, 5.41) is 6.17. The fourth-order valence-corrected chi connectivity index (χ4v) is 5.26. The van der Waals surface area contributed by atoms with Gasteiger partial charge in [0.25, 0.3) is 0 Å². The lowest BCUT2D eigenvalue weighted by atomic mass is 9.93. The van der Waals surface area contributed by atoms with Crippen LogP contribution in [0, 0.1) is 0 Å². The molecule has 4 aromatic carbocycles. The van der Waals surface area contributed by atoms with E-state index in [9.17, 15) is 0 Å². The maximum Gasteiger partial charge on any atom is 0.0793 e. The number of nitrogens with zero attached hydrogens (tertiary/aromatic N) is 1. The Kier molecular flexibility index (Phi) is 3.71. The first kappa shape index (κ1) is 16.5. The molecule has 2 heteroatoms. The predicted octanol–water partition coefficient (Wildman–Crippen LogP) is 7.94. The molecule has 0 aliphatic carbocycles. The Balaban J connectivity index is 1.75. The van der Waals surface area contributed by atoms with Crippen LogP contribution in [0.1, 0.15) is 0 Å². The minimum Gasteiger partial charge on any atom is -0.256 e. The first-order chi connectivity index (χ1) is 14.4. The summed E-state index contributed by atoms with van der Waals surface area (Å²) in [7, 11) is 0. The van der Waals surface area contributed by atoms with Gasteiger partial charge in [-0.3, -0.25) is 4.98 Å². The number of hydrogen-bond acceptors (Lipinski definition) is 2. The van der Waals surface area contributed by atoms with Crippen LogP contribution in [-0.4, -0.2) is 4.98 Å². The molecule has 0 fully saturated rings. The van der Waals surface area contributed by atoms with Crippen molar-refractivity contribution in [1.29, 1.82) is 0 Å². The van der Waals surface area contributed by atoms with E-state index in [-0.39, 0.29) is 0 Å². The van der Waals surface area contributed by atoms with Gasteiger partial charge in [0.15, 0.2) is 0 Å². The van der Waals surface area contributed by atoms with Crippen molar-refractivity contribution in [2.24, 2.45) is 0 Å². The molecule has 0 saturated heterocycles. The van der Waals surface area contributed by atoms with E-state index in [4.69, 9.17) is 4.98 Å². The molecule has 1 nitrogen and oxygen atoms in total. The van der Waals surface area contributed by atoms with E-state index in [1.54, 1.807) is 0 Å². The van der Waals surface area contributed by atoms with Gasteiger partial charge in [-0.2, -0.15) is 0 Å². The first-order valence-corrected chi connectivity index (χ1v) is 10.5. The molecule has 0 bridgehead atoms. The molecular formula is C27H17NS. The number of rotatable bonds is 2. The lowest BCUT2D eigenvalue weighted by Gasteiger charge is -2.14. The van der Waals surface area contributed by atoms with Gasteiger partial charge in [0.1, 0.15) is 0 Å². The molecule has 0 unspecified atom stereocenters. The van der Waals surface area contributed by atoms with Gasteiger partial charge in [-0.15, -0.1) is 11.3 Å². The van der Waals surface area contributed by atoms with Gasteiger partial charge >= 0.3 is 0 Å². The SMILES string of the molecule is c1ccc2sc(-c3ccc4ccccc4c3-c3nccc4ccccc34)cc2c1. The van der Waals surface area contributed by atoms with E-state index in [2.05, 4.69) is 97.1 Å². The molecule has 136 valence electrons. The Morgan fingerprint density at radius 1 is 0.586 bits per heavy atom. The second-order valence-corrected chi connectivity index (χ2v) is 8.32. The molecule has 0 atom stereocenters. The summed E-state index contributed by atoms with van der Waals surface area (Å²) in [5.41, 5.74) is 3.51. The van der Waals surface area contributed by atoms with Gasteiger partial charge in [-0.05, 0) is 39.7 Å². The zero-order chi connectivity index (χ0) is 19.2. The molecule has 0 N–H and O–H groups in total. The third-order valence-electron chi connectivity index (χ3n) is 5.53. The molecule has 0 aliphatic heterocycles. The molecule has 6 aromatic rings. The lowest BCUT2D eigenvalue weighted by molar-refractivity contribution is 1.36. The second kappa shape index (κ2) is 6.54. The Morgan fingerprint density at radius 2 is 1.28 bits per heavy atom. The summed E-state index contributed by atoms with van der Waals surface area (Å²) in [6.07, 6.45) is 1.92. The van der Waals surface area contributed by atoms with Crippen LogP contribution < -0.4 is 0 Å². The van der Waals surface area contributed by atoms with Crippen molar-refractivity contribution < 1.29 is 0 Å². The topological polar surface area (TPSA) is 12.9 Å². The molecule has 0 amide bonds. The maximum absolute atomic E-state index is 4.87. The number of aromatic nitrogens is 1. The Bertz CT molecular complexity index is 1470. The number of hydrogen-bond donors (Lipinski definition) is 0. The Hall–Kier alpha value is -3.49. The maximum atomic E-state index is 4.87. The average molecular weight is 388 g/mol. The van der Waals surface area contributed by atoms with Crippen molar-refractivity contribution in [1.82, 2.24) is 4.98 Å². The smallest absolute Gasteiger partial charge is 0.0793 e. The standard InChI is InChI=1S/C27H17NS/c1-4-10-21-18(7-1)13-14-23(25-17-20-9-3-6-12-24(20)29-25)26(21)27-22-11-5-2-8-19(22)15-16-28-27/h1-17H. The highest BCUT2D eigenvalue weighted by molar-refractivity contribution is 7.22. The average Bonchev–Trinajstić information content (AvgIpc) is 3.22. The minimum absolute atomic E-state index is 1.05. The van der Waals surface area contributed by atoms with E-state index in [1.807, 2.05) is 17.5 Å². The Morgan fingerprint density at radius 3 is 2.10 bits per heavy atom. The highest BCUT2D eigenvalue weighted by Gasteiger charge is 2.16. The van der Waals surface area contributed by atoms with Crippen LogP contribution in [0.15, 0.2) is 103 Å². The summed E-state index contributed by atoms with van der Waals surface area (Å²) in [6.45, 7) is 0. The highest BCUT2D eigenvalue weighted by Crippen LogP contribution is 2.43. The monoisotopic (exact) mass is 387 g/mol. The van der Waals surface area contributed by atoms with E-state index < -0.39 is 0 Å². The third kappa shape index (κ3) is 2.65. The Labute approximate surface area is 172 Å². The molecular weight excluding hydrogens is 370 g/mol. The lowest BCUT2D eigenvalue weighted by Crippen LogP contribution is -1.91. The number of benzene rings is 4. The second-order valence-electron chi connectivity index (χ2n) is 7.24. The largest absolute Gasteiger partial charge is 0.256 e. The molecule has 2 aromatic heterocycles. The van der Waals surface area contributed by atoms with Gasteiger partial charge in [0, 0.05) is 32.3 Å². The molecule has 29 heavy (non-hydrogen) atoms. The number of fused-ring (bicyclic) bond motifs is 3. The van der Waals surface area contributed by atoms with E-state index in [1.165, 1.54) is 47.6 Å².